The SMILES string of the molecule is CC(C)n1ncc(NC2CCOC(C)(C)C2)c(Br)c1=O. The summed E-state index contributed by atoms with van der Waals surface area (Å²) in [6.45, 7) is 8.79. The van der Waals surface area contributed by atoms with E-state index in [0.717, 1.165) is 25.1 Å². The fourth-order valence-electron chi connectivity index (χ4n) is 2.49. The molecule has 0 aromatic carbocycles. The standard InChI is InChI=1S/C14H22BrN3O2/c1-9(2)18-13(19)12(15)11(8-16-18)17-10-5-6-20-14(3,4)7-10/h8-10,17H,5-7H2,1-4H3. The van der Waals surface area contributed by atoms with Crippen LogP contribution >= 0.6 is 15.9 Å². The molecular formula is C14H22BrN3O2. The molecule has 2 rings (SSSR count). The minimum Gasteiger partial charge on any atom is -0.380 e. The Morgan fingerprint density at radius 1 is 1.55 bits per heavy atom. The number of rotatable bonds is 3. The van der Waals surface area contributed by atoms with Crippen molar-refractivity contribution in [2.45, 2.75) is 58.2 Å². The summed E-state index contributed by atoms with van der Waals surface area (Å²) in [6, 6.07) is 0.348. The summed E-state index contributed by atoms with van der Waals surface area (Å²) in [4.78, 5) is 12.2. The third kappa shape index (κ3) is 3.41. The van der Waals surface area contributed by atoms with Crippen LogP contribution in [-0.2, 0) is 4.74 Å². The van der Waals surface area contributed by atoms with Crippen LogP contribution in [-0.4, -0.2) is 28.0 Å². The molecule has 20 heavy (non-hydrogen) atoms. The van der Waals surface area contributed by atoms with Crippen molar-refractivity contribution in [3.63, 3.8) is 0 Å². The molecule has 1 aromatic heterocycles. The molecule has 2 heterocycles. The van der Waals surface area contributed by atoms with Gasteiger partial charge in [-0.25, -0.2) is 4.68 Å². The number of hydrogen-bond acceptors (Lipinski definition) is 4. The van der Waals surface area contributed by atoms with E-state index in [0.29, 0.717) is 10.5 Å². The van der Waals surface area contributed by atoms with Gasteiger partial charge in [-0.15, -0.1) is 0 Å². The lowest BCUT2D eigenvalue weighted by Crippen LogP contribution is -2.40. The minimum absolute atomic E-state index is 0.0508. The lowest BCUT2D eigenvalue weighted by Gasteiger charge is -2.36. The quantitative estimate of drug-likeness (QED) is 0.916. The van der Waals surface area contributed by atoms with E-state index >= 15 is 0 Å². The summed E-state index contributed by atoms with van der Waals surface area (Å²) >= 11 is 3.39. The Labute approximate surface area is 127 Å². The number of nitrogens with one attached hydrogen (secondary N) is 1. The van der Waals surface area contributed by atoms with Crippen molar-refractivity contribution in [2.75, 3.05) is 11.9 Å². The molecule has 0 aliphatic carbocycles. The predicted octanol–water partition coefficient (Wildman–Crippen LogP) is 2.96. The number of aromatic nitrogens is 2. The van der Waals surface area contributed by atoms with Crippen molar-refractivity contribution >= 4 is 21.6 Å². The molecule has 0 radical (unpaired) electrons. The molecule has 0 bridgehead atoms. The number of anilines is 1. The molecule has 1 fully saturated rings. The van der Waals surface area contributed by atoms with Gasteiger partial charge < -0.3 is 10.1 Å². The fraction of sp³-hybridized carbons (Fsp3) is 0.714. The van der Waals surface area contributed by atoms with Crippen LogP contribution in [0.2, 0.25) is 0 Å². The zero-order chi connectivity index (χ0) is 14.9. The Kier molecular flexibility index (Phi) is 4.54. The molecule has 1 aromatic rings. The van der Waals surface area contributed by atoms with Gasteiger partial charge in [0.15, 0.2) is 0 Å². The third-order valence-corrected chi connectivity index (χ3v) is 4.26. The summed E-state index contributed by atoms with van der Waals surface area (Å²) < 4.78 is 7.73. The van der Waals surface area contributed by atoms with Gasteiger partial charge in [0.05, 0.1) is 23.5 Å². The van der Waals surface area contributed by atoms with Gasteiger partial charge in [-0.1, -0.05) is 0 Å². The average Bonchev–Trinajstić information content (AvgIpc) is 2.33. The Morgan fingerprint density at radius 3 is 2.85 bits per heavy atom. The third-order valence-electron chi connectivity index (χ3n) is 3.49. The molecule has 1 aliphatic heterocycles. The molecule has 0 spiro atoms. The lowest BCUT2D eigenvalue weighted by molar-refractivity contribution is -0.0553. The van der Waals surface area contributed by atoms with E-state index in [9.17, 15) is 4.79 Å². The van der Waals surface area contributed by atoms with Gasteiger partial charge in [-0.2, -0.15) is 5.10 Å². The van der Waals surface area contributed by atoms with E-state index < -0.39 is 0 Å². The zero-order valence-corrected chi connectivity index (χ0v) is 14.0. The highest BCUT2D eigenvalue weighted by molar-refractivity contribution is 9.10. The molecule has 1 atom stereocenters. The molecule has 112 valence electrons. The first kappa shape index (κ1) is 15.5. The second-order valence-electron chi connectivity index (χ2n) is 6.16. The molecule has 1 unspecified atom stereocenters. The molecule has 0 amide bonds. The van der Waals surface area contributed by atoms with Crippen LogP contribution in [0.1, 0.15) is 46.6 Å². The maximum Gasteiger partial charge on any atom is 0.283 e. The van der Waals surface area contributed by atoms with E-state index in [1.54, 1.807) is 6.20 Å². The molecule has 1 saturated heterocycles. The van der Waals surface area contributed by atoms with E-state index in [4.69, 9.17) is 4.74 Å². The highest BCUT2D eigenvalue weighted by atomic mass is 79.9. The van der Waals surface area contributed by atoms with Gasteiger partial charge >= 0.3 is 0 Å². The zero-order valence-electron chi connectivity index (χ0n) is 12.4. The Morgan fingerprint density at radius 2 is 2.25 bits per heavy atom. The monoisotopic (exact) mass is 343 g/mol. The van der Waals surface area contributed by atoms with Gasteiger partial charge in [-0.05, 0) is 56.5 Å². The lowest BCUT2D eigenvalue weighted by atomic mass is 9.94. The number of ether oxygens (including phenoxy) is 1. The molecule has 1 N–H and O–H groups in total. The normalized spacial score (nSPS) is 22.0. The van der Waals surface area contributed by atoms with E-state index in [1.807, 2.05) is 13.8 Å². The first-order valence-electron chi connectivity index (χ1n) is 6.98. The van der Waals surface area contributed by atoms with E-state index in [1.165, 1.54) is 4.68 Å². The highest BCUT2D eigenvalue weighted by Crippen LogP contribution is 2.27. The van der Waals surface area contributed by atoms with Crippen LogP contribution in [0, 0.1) is 0 Å². The second-order valence-corrected chi connectivity index (χ2v) is 6.95. The maximum atomic E-state index is 12.2. The van der Waals surface area contributed by atoms with Gasteiger partial charge in [-0.3, -0.25) is 4.79 Å². The summed E-state index contributed by atoms with van der Waals surface area (Å²) in [7, 11) is 0. The Bertz CT molecular complexity index is 540. The van der Waals surface area contributed by atoms with Crippen LogP contribution in [0.25, 0.3) is 0 Å². The van der Waals surface area contributed by atoms with Gasteiger partial charge in [0.1, 0.15) is 4.47 Å². The molecule has 6 heteroatoms. The van der Waals surface area contributed by atoms with Crippen molar-refractivity contribution < 1.29 is 4.74 Å². The number of hydrogen-bond donors (Lipinski definition) is 1. The maximum absolute atomic E-state index is 12.2. The van der Waals surface area contributed by atoms with E-state index in [2.05, 4.69) is 40.2 Å². The summed E-state index contributed by atoms with van der Waals surface area (Å²) in [5, 5.41) is 7.63. The van der Waals surface area contributed by atoms with Crippen LogP contribution in [0.4, 0.5) is 5.69 Å². The van der Waals surface area contributed by atoms with Crippen LogP contribution in [0.5, 0.6) is 0 Å². The average molecular weight is 344 g/mol. The van der Waals surface area contributed by atoms with Gasteiger partial charge in [0.25, 0.3) is 5.56 Å². The first-order valence-corrected chi connectivity index (χ1v) is 7.77. The summed E-state index contributed by atoms with van der Waals surface area (Å²) in [5.41, 5.74) is 0.536. The van der Waals surface area contributed by atoms with Crippen molar-refractivity contribution in [1.82, 2.24) is 9.78 Å². The first-order chi connectivity index (χ1) is 9.30. The van der Waals surface area contributed by atoms with Crippen LogP contribution in [0.3, 0.4) is 0 Å². The number of halogens is 1. The summed E-state index contributed by atoms with van der Waals surface area (Å²) in [5.74, 6) is 0. The topological polar surface area (TPSA) is 56.1 Å². The van der Waals surface area contributed by atoms with E-state index in [-0.39, 0.29) is 17.2 Å². The number of nitrogens with zero attached hydrogens (tertiary/aromatic N) is 2. The Balaban J connectivity index is 2.18. The van der Waals surface area contributed by atoms with Gasteiger partial charge in [0.2, 0.25) is 0 Å². The van der Waals surface area contributed by atoms with Crippen molar-refractivity contribution in [3.8, 4) is 0 Å². The molecule has 0 saturated carbocycles. The van der Waals surface area contributed by atoms with Crippen molar-refractivity contribution in [2.24, 2.45) is 0 Å². The minimum atomic E-state index is -0.122. The molecule has 5 nitrogen and oxygen atoms in total. The Hall–Kier alpha value is -0.880. The van der Waals surface area contributed by atoms with Crippen molar-refractivity contribution in [3.05, 3.63) is 21.0 Å². The highest BCUT2D eigenvalue weighted by Gasteiger charge is 2.29. The van der Waals surface area contributed by atoms with Crippen LogP contribution in [0.15, 0.2) is 15.5 Å². The molecular weight excluding hydrogens is 322 g/mol. The second kappa shape index (κ2) is 5.85. The summed E-state index contributed by atoms with van der Waals surface area (Å²) in [6.07, 6.45) is 3.56. The largest absolute Gasteiger partial charge is 0.380 e. The van der Waals surface area contributed by atoms with Crippen molar-refractivity contribution in [1.29, 1.82) is 0 Å². The van der Waals surface area contributed by atoms with Gasteiger partial charge in [0, 0.05) is 12.6 Å². The molecule has 1 aliphatic rings. The smallest absolute Gasteiger partial charge is 0.283 e. The van der Waals surface area contributed by atoms with Crippen LogP contribution < -0.4 is 10.9 Å². The predicted molar refractivity (Wildman–Crippen MR) is 83.3 cm³/mol. The fourth-order valence-corrected chi connectivity index (χ4v) is 2.89.